The van der Waals surface area contributed by atoms with E-state index in [1.54, 1.807) is 0 Å². The first-order valence-corrected chi connectivity index (χ1v) is 5.66. The number of amides is 1. The summed E-state index contributed by atoms with van der Waals surface area (Å²) in [5.41, 5.74) is 1.26. The molecule has 0 radical (unpaired) electrons. The predicted molar refractivity (Wildman–Crippen MR) is 65.0 cm³/mol. The average molecular weight is 235 g/mol. The average Bonchev–Trinajstić information content (AvgIpc) is 2.98. The van der Waals surface area contributed by atoms with Crippen molar-refractivity contribution in [3.05, 3.63) is 29.8 Å². The number of epoxide rings is 1. The second kappa shape index (κ2) is 4.37. The van der Waals surface area contributed by atoms with Crippen LogP contribution in [0, 0.1) is 0 Å². The molecule has 1 fully saturated rings. The van der Waals surface area contributed by atoms with Gasteiger partial charge >= 0.3 is 6.09 Å². The molecule has 1 saturated heterocycles. The molecule has 1 N–H and O–H groups in total. The van der Waals surface area contributed by atoms with Crippen LogP contribution >= 0.6 is 0 Å². The molecular weight excluding hydrogens is 218 g/mol. The molecule has 1 aliphatic heterocycles. The molecule has 0 spiro atoms. The monoisotopic (exact) mass is 235 g/mol. The van der Waals surface area contributed by atoms with Crippen molar-refractivity contribution in [2.24, 2.45) is 0 Å². The topological polar surface area (TPSA) is 50.9 Å². The van der Waals surface area contributed by atoms with Crippen molar-refractivity contribution >= 4 is 11.8 Å². The van der Waals surface area contributed by atoms with E-state index < -0.39 is 11.7 Å². The highest BCUT2D eigenvalue weighted by molar-refractivity contribution is 5.86. The Bertz CT molecular complexity index is 419. The highest BCUT2D eigenvalue weighted by atomic mass is 16.6. The molecular formula is C13H17NO3. The van der Waals surface area contributed by atoms with Gasteiger partial charge in [0.2, 0.25) is 0 Å². The van der Waals surface area contributed by atoms with E-state index in [1.165, 1.54) is 0 Å². The Balaban J connectivity index is 2.05. The molecule has 2 rings (SSSR count). The molecule has 0 bridgehead atoms. The highest BCUT2D eigenvalue weighted by Gasteiger charge is 2.28. The van der Waals surface area contributed by atoms with E-state index in [4.69, 9.17) is 9.47 Å². The van der Waals surface area contributed by atoms with Crippen LogP contribution in [0.3, 0.4) is 0 Å². The highest BCUT2D eigenvalue weighted by Crippen LogP contribution is 2.34. The number of rotatable bonds is 2. The fourth-order valence-electron chi connectivity index (χ4n) is 1.53. The zero-order valence-corrected chi connectivity index (χ0v) is 10.3. The van der Waals surface area contributed by atoms with Gasteiger partial charge in [0, 0.05) is 11.3 Å². The summed E-state index contributed by atoms with van der Waals surface area (Å²) in [7, 11) is 0. The lowest BCUT2D eigenvalue weighted by molar-refractivity contribution is 0.0636. The lowest BCUT2D eigenvalue weighted by Crippen LogP contribution is -2.27. The van der Waals surface area contributed by atoms with E-state index in [0.29, 0.717) is 6.61 Å². The van der Waals surface area contributed by atoms with Crippen molar-refractivity contribution in [3.63, 3.8) is 0 Å². The largest absolute Gasteiger partial charge is 0.444 e. The minimum Gasteiger partial charge on any atom is -0.444 e. The van der Waals surface area contributed by atoms with E-state index in [0.717, 1.165) is 11.3 Å². The van der Waals surface area contributed by atoms with Crippen LogP contribution in [0.1, 0.15) is 32.4 Å². The minimum atomic E-state index is -0.491. The molecule has 17 heavy (non-hydrogen) atoms. The summed E-state index contributed by atoms with van der Waals surface area (Å²) >= 11 is 0. The van der Waals surface area contributed by atoms with Gasteiger partial charge in [-0.25, -0.2) is 4.79 Å². The van der Waals surface area contributed by atoms with Gasteiger partial charge in [-0.05, 0) is 26.8 Å². The van der Waals surface area contributed by atoms with Crippen LogP contribution in [-0.4, -0.2) is 18.3 Å². The zero-order valence-electron chi connectivity index (χ0n) is 10.3. The molecule has 4 nitrogen and oxygen atoms in total. The molecule has 0 unspecified atom stereocenters. The number of carbonyl (C=O) groups is 1. The summed E-state index contributed by atoms with van der Waals surface area (Å²) < 4.78 is 10.4. The number of ether oxygens (including phenoxy) is 2. The van der Waals surface area contributed by atoms with Crippen LogP contribution in [0.15, 0.2) is 24.3 Å². The molecule has 1 aromatic rings. The molecule has 0 saturated carbocycles. The van der Waals surface area contributed by atoms with E-state index in [1.807, 2.05) is 45.0 Å². The molecule has 1 aliphatic rings. The Labute approximate surface area is 101 Å². The maximum absolute atomic E-state index is 11.6. The Kier molecular flexibility index (Phi) is 3.07. The summed E-state index contributed by atoms with van der Waals surface area (Å²) in [6.07, 6.45) is -0.327. The van der Waals surface area contributed by atoms with Crippen molar-refractivity contribution in [2.45, 2.75) is 32.5 Å². The Hall–Kier alpha value is -1.55. The summed E-state index contributed by atoms with van der Waals surface area (Å²) in [5, 5.41) is 2.75. The molecule has 0 aliphatic carbocycles. The fraction of sp³-hybridized carbons (Fsp3) is 0.462. The third-order valence-corrected chi connectivity index (χ3v) is 2.28. The summed E-state index contributed by atoms with van der Waals surface area (Å²) in [6, 6.07) is 7.60. The van der Waals surface area contributed by atoms with Crippen LogP contribution in [-0.2, 0) is 9.47 Å². The maximum Gasteiger partial charge on any atom is 0.412 e. The second-order valence-corrected chi connectivity index (χ2v) is 5.04. The normalized spacial score (nSPS) is 18.6. The third kappa shape index (κ3) is 3.46. The fourth-order valence-corrected chi connectivity index (χ4v) is 1.53. The summed E-state index contributed by atoms with van der Waals surface area (Å²) in [6.45, 7) is 6.22. The van der Waals surface area contributed by atoms with Crippen LogP contribution in [0.5, 0.6) is 0 Å². The van der Waals surface area contributed by atoms with Crippen LogP contribution in [0.2, 0.25) is 0 Å². The van der Waals surface area contributed by atoms with E-state index in [-0.39, 0.29) is 6.10 Å². The van der Waals surface area contributed by atoms with Gasteiger partial charge < -0.3 is 9.47 Å². The Morgan fingerprint density at radius 2 is 2.06 bits per heavy atom. The van der Waals surface area contributed by atoms with Gasteiger partial charge in [-0.3, -0.25) is 5.32 Å². The van der Waals surface area contributed by atoms with Crippen molar-refractivity contribution in [2.75, 3.05) is 11.9 Å². The molecule has 4 heteroatoms. The SMILES string of the molecule is CC(C)(C)OC(=O)Nc1ccccc1[C@H]1CO1. The second-order valence-electron chi connectivity index (χ2n) is 5.04. The number of anilines is 1. The van der Waals surface area contributed by atoms with Gasteiger partial charge in [0.25, 0.3) is 0 Å². The number of carbonyl (C=O) groups excluding carboxylic acids is 1. The molecule has 1 amide bonds. The predicted octanol–water partition coefficient (Wildman–Crippen LogP) is 3.10. The van der Waals surface area contributed by atoms with Gasteiger partial charge in [-0.1, -0.05) is 18.2 Å². The first-order valence-electron chi connectivity index (χ1n) is 5.66. The molecule has 1 aromatic carbocycles. The molecule has 1 heterocycles. The standard InChI is InChI=1S/C13H17NO3/c1-13(2,3)17-12(15)14-10-7-5-4-6-9(10)11-8-16-11/h4-7,11H,8H2,1-3H3,(H,14,15)/t11-/m1/s1. The van der Waals surface area contributed by atoms with Crippen molar-refractivity contribution < 1.29 is 14.3 Å². The molecule has 92 valence electrons. The van der Waals surface area contributed by atoms with E-state index >= 15 is 0 Å². The van der Waals surface area contributed by atoms with Crippen LogP contribution in [0.4, 0.5) is 10.5 Å². The van der Waals surface area contributed by atoms with Gasteiger partial charge in [0.15, 0.2) is 0 Å². The summed E-state index contributed by atoms with van der Waals surface area (Å²) in [4.78, 5) is 11.6. The van der Waals surface area contributed by atoms with Crippen LogP contribution in [0.25, 0.3) is 0 Å². The number of para-hydroxylation sites is 1. The Morgan fingerprint density at radius 1 is 1.41 bits per heavy atom. The number of hydrogen-bond acceptors (Lipinski definition) is 3. The number of benzene rings is 1. The lowest BCUT2D eigenvalue weighted by Gasteiger charge is -2.20. The quantitative estimate of drug-likeness (QED) is 0.801. The van der Waals surface area contributed by atoms with Crippen molar-refractivity contribution in [1.82, 2.24) is 0 Å². The van der Waals surface area contributed by atoms with Crippen molar-refractivity contribution in [3.8, 4) is 0 Å². The van der Waals surface area contributed by atoms with Crippen LogP contribution < -0.4 is 5.32 Å². The van der Waals surface area contributed by atoms with Gasteiger partial charge in [0.1, 0.15) is 11.7 Å². The van der Waals surface area contributed by atoms with Gasteiger partial charge in [-0.2, -0.15) is 0 Å². The lowest BCUT2D eigenvalue weighted by atomic mass is 10.1. The molecule has 0 aromatic heterocycles. The first kappa shape index (κ1) is 11.9. The maximum atomic E-state index is 11.6. The minimum absolute atomic E-state index is 0.112. The zero-order chi connectivity index (χ0) is 12.5. The van der Waals surface area contributed by atoms with Gasteiger partial charge in [-0.15, -0.1) is 0 Å². The van der Waals surface area contributed by atoms with E-state index in [2.05, 4.69) is 5.32 Å². The van der Waals surface area contributed by atoms with E-state index in [9.17, 15) is 4.79 Å². The smallest absolute Gasteiger partial charge is 0.412 e. The first-order chi connectivity index (χ1) is 7.96. The number of hydrogen-bond donors (Lipinski definition) is 1. The third-order valence-electron chi connectivity index (χ3n) is 2.28. The van der Waals surface area contributed by atoms with Gasteiger partial charge in [0.05, 0.1) is 6.61 Å². The van der Waals surface area contributed by atoms with Crippen molar-refractivity contribution in [1.29, 1.82) is 0 Å². The summed E-state index contributed by atoms with van der Waals surface area (Å²) in [5.74, 6) is 0. The Morgan fingerprint density at radius 3 is 2.65 bits per heavy atom. The number of nitrogens with one attached hydrogen (secondary N) is 1. The molecule has 1 atom stereocenters.